The molecule has 37 heavy (non-hydrogen) atoms. The van der Waals surface area contributed by atoms with Crippen molar-refractivity contribution in [3.05, 3.63) is 69.4 Å². The molecule has 0 aromatic carbocycles. The first-order chi connectivity index (χ1) is 17.8. The molecule has 0 aliphatic carbocycles. The average molecular weight is 500 g/mol. The number of aliphatic imine (C=N–C) groups is 1. The van der Waals surface area contributed by atoms with Crippen LogP contribution in [0.5, 0.6) is 0 Å². The Balaban J connectivity index is 1.55. The number of nitrogens with two attached hydrogens (primary N) is 1. The van der Waals surface area contributed by atoms with Gasteiger partial charge in [-0.3, -0.25) is 9.79 Å². The maximum atomic E-state index is 12.5. The van der Waals surface area contributed by atoms with Gasteiger partial charge in [0.05, 0.1) is 18.4 Å². The molecule has 1 saturated heterocycles. The van der Waals surface area contributed by atoms with Crippen LogP contribution in [0.1, 0.15) is 42.3 Å². The van der Waals surface area contributed by atoms with Crippen LogP contribution in [0.2, 0.25) is 0 Å². The van der Waals surface area contributed by atoms with E-state index in [1.165, 1.54) is 0 Å². The van der Waals surface area contributed by atoms with E-state index in [-0.39, 0.29) is 18.1 Å². The Bertz CT molecular complexity index is 1510. The zero-order valence-corrected chi connectivity index (χ0v) is 21.7. The standard InChI is InChI=1S/C27H33N9O/c1-16(2)36-26-22(15-32-36)20(25(28)31-14-21-17(3)11-18(4)33-27(21)37)12-23(34-26)19-5-6-24(30-13-19)35-9-7-29-8-10-35/h5-6,11-13,15-16,29H,7-10,14H2,1-4H3,(H2,28,31)(H,33,37). The van der Waals surface area contributed by atoms with E-state index in [4.69, 9.17) is 15.7 Å². The second kappa shape index (κ2) is 10.1. The molecule has 192 valence electrons. The topological polar surface area (TPSA) is 130 Å². The number of pyridine rings is 3. The SMILES string of the molecule is Cc1cc(C)c(CN=C(N)c2cc(-c3ccc(N4CCNCC4)nc3)nc3c2cnn3C(C)C)c(=O)[nH]1. The molecule has 0 bridgehead atoms. The molecule has 0 saturated carbocycles. The van der Waals surface area contributed by atoms with Crippen LogP contribution >= 0.6 is 0 Å². The molecule has 0 unspecified atom stereocenters. The molecule has 5 rings (SSSR count). The van der Waals surface area contributed by atoms with Crippen LogP contribution in [0.3, 0.4) is 0 Å². The summed E-state index contributed by atoms with van der Waals surface area (Å²) in [5.74, 6) is 1.29. The van der Waals surface area contributed by atoms with E-state index in [1.807, 2.05) is 49.0 Å². The third-order valence-corrected chi connectivity index (χ3v) is 6.72. The van der Waals surface area contributed by atoms with Crippen molar-refractivity contribution in [2.45, 2.75) is 40.3 Å². The molecule has 1 aliphatic heterocycles. The monoisotopic (exact) mass is 499 g/mol. The second-order valence-electron chi connectivity index (χ2n) is 9.76. The fraction of sp³-hybridized carbons (Fsp3) is 0.370. The fourth-order valence-electron chi connectivity index (χ4n) is 4.70. The number of nitrogens with zero attached hydrogens (tertiary/aromatic N) is 6. The number of aromatic amines is 1. The van der Waals surface area contributed by atoms with Gasteiger partial charge < -0.3 is 20.9 Å². The quantitative estimate of drug-likeness (QED) is 0.275. The van der Waals surface area contributed by atoms with Crippen molar-refractivity contribution in [3.63, 3.8) is 0 Å². The van der Waals surface area contributed by atoms with Gasteiger partial charge in [0.15, 0.2) is 5.65 Å². The van der Waals surface area contributed by atoms with Gasteiger partial charge in [0.25, 0.3) is 5.56 Å². The van der Waals surface area contributed by atoms with Crippen molar-refractivity contribution in [1.29, 1.82) is 0 Å². The van der Waals surface area contributed by atoms with E-state index < -0.39 is 0 Å². The van der Waals surface area contributed by atoms with E-state index in [0.29, 0.717) is 11.4 Å². The fourth-order valence-corrected chi connectivity index (χ4v) is 4.70. The molecular formula is C27H33N9O. The molecule has 0 atom stereocenters. The minimum Gasteiger partial charge on any atom is -0.383 e. The van der Waals surface area contributed by atoms with Crippen LogP contribution in [0.4, 0.5) is 5.82 Å². The minimum absolute atomic E-state index is 0.119. The Morgan fingerprint density at radius 3 is 2.62 bits per heavy atom. The van der Waals surface area contributed by atoms with E-state index in [2.05, 4.69) is 39.1 Å². The first-order valence-corrected chi connectivity index (χ1v) is 12.6. The lowest BCUT2D eigenvalue weighted by molar-refractivity contribution is 0.546. The summed E-state index contributed by atoms with van der Waals surface area (Å²) in [7, 11) is 0. The molecule has 1 fully saturated rings. The van der Waals surface area contributed by atoms with Gasteiger partial charge in [0.1, 0.15) is 11.7 Å². The van der Waals surface area contributed by atoms with Gasteiger partial charge in [-0.15, -0.1) is 0 Å². The number of aryl methyl sites for hydroxylation is 2. The number of H-pyrrole nitrogens is 1. The zero-order valence-electron chi connectivity index (χ0n) is 21.7. The first kappa shape index (κ1) is 24.6. The molecule has 0 amide bonds. The Hall–Kier alpha value is -4.05. The van der Waals surface area contributed by atoms with Crippen LogP contribution in [0, 0.1) is 13.8 Å². The molecule has 4 N–H and O–H groups in total. The summed E-state index contributed by atoms with van der Waals surface area (Å²) in [6.45, 7) is 11.9. The van der Waals surface area contributed by atoms with Crippen molar-refractivity contribution < 1.29 is 0 Å². The van der Waals surface area contributed by atoms with E-state index in [1.54, 1.807) is 6.20 Å². The molecule has 4 aromatic heterocycles. The van der Waals surface area contributed by atoms with Gasteiger partial charge in [-0.25, -0.2) is 14.6 Å². The molecule has 5 heterocycles. The normalized spacial score (nSPS) is 14.6. The lowest BCUT2D eigenvalue weighted by Gasteiger charge is -2.28. The average Bonchev–Trinajstić information content (AvgIpc) is 3.32. The molecular weight excluding hydrogens is 466 g/mol. The van der Waals surface area contributed by atoms with Crippen molar-refractivity contribution in [2.75, 3.05) is 31.1 Å². The van der Waals surface area contributed by atoms with E-state index in [9.17, 15) is 4.79 Å². The van der Waals surface area contributed by atoms with Crippen LogP contribution in [-0.4, -0.2) is 56.7 Å². The number of nitrogens with one attached hydrogen (secondary N) is 2. The lowest BCUT2D eigenvalue weighted by Crippen LogP contribution is -2.43. The Morgan fingerprint density at radius 2 is 1.95 bits per heavy atom. The number of fused-ring (bicyclic) bond motifs is 1. The highest BCUT2D eigenvalue weighted by Crippen LogP contribution is 2.27. The maximum absolute atomic E-state index is 12.5. The first-order valence-electron chi connectivity index (χ1n) is 12.6. The summed E-state index contributed by atoms with van der Waals surface area (Å²) in [5.41, 5.74) is 11.8. The van der Waals surface area contributed by atoms with Gasteiger partial charge in [-0.1, -0.05) is 0 Å². The second-order valence-corrected chi connectivity index (χ2v) is 9.76. The summed E-state index contributed by atoms with van der Waals surface area (Å²) >= 11 is 0. The number of amidine groups is 1. The highest BCUT2D eigenvalue weighted by molar-refractivity contribution is 6.08. The van der Waals surface area contributed by atoms with Gasteiger partial charge in [0, 0.05) is 66.2 Å². The number of hydrogen-bond acceptors (Lipinski definition) is 7. The smallest absolute Gasteiger partial charge is 0.253 e. The summed E-state index contributed by atoms with van der Waals surface area (Å²) in [5, 5.41) is 8.75. The van der Waals surface area contributed by atoms with Gasteiger partial charge >= 0.3 is 0 Å². The van der Waals surface area contributed by atoms with E-state index >= 15 is 0 Å². The summed E-state index contributed by atoms with van der Waals surface area (Å²) in [4.78, 5) is 31.9. The van der Waals surface area contributed by atoms with Gasteiger partial charge in [-0.05, 0) is 57.5 Å². The van der Waals surface area contributed by atoms with Gasteiger partial charge in [-0.2, -0.15) is 5.10 Å². The Morgan fingerprint density at radius 1 is 1.16 bits per heavy atom. The molecule has 10 heteroatoms. The molecule has 0 radical (unpaired) electrons. The number of hydrogen-bond donors (Lipinski definition) is 3. The number of anilines is 1. The predicted molar refractivity (Wildman–Crippen MR) is 147 cm³/mol. The number of piperazine rings is 1. The number of aromatic nitrogens is 5. The lowest BCUT2D eigenvalue weighted by atomic mass is 10.1. The molecule has 0 spiro atoms. The van der Waals surface area contributed by atoms with Crippen molar-refractivity contribution in [1.82, 2.24) is 30.0 Å². The molecule has 10 nitrogen and oxygen atoms in total. The van der Waals surface area contributed by atoms with Crippen molar-refractivity contribution in [2.24, 2.45) is 10.7 Å². The highest BCUT2D eigenvalue weighted by atomic mass is 16.1. The third-order valence-electron chi connectivity index (χ3n) is 6.72. The Labute approximate surface area is 215 Å². The summed E-state index contributed by atoms with van der Waals surface area (Å²) in [6, 6.07) is 8.07. The largest absolute Gasteiger partial charge is 0.383 e. The highest BCUT2D eigenvalue weighted by Gasteiger charge is 2.18. The molecule has 4 aromatic rings. The van der Waals surface area contributed by atoms with Crippen LogP contribution in [0.25, 0.3) is 22.3 Å². The maximum Gasteiger partial charge on any atom is 0.253 e. The minimum atomic E-state index is -0.141. The summed E-state index contributed by atoms with van der Waals surface area (Å²) in [6.07, 6.45) is 3.63. The van der Waals surface area contributed by atoms with Crippen molar-refractivity contribution in [3.8, 4) is 11.3 Å². The predicted octanol–water partition coefficient (Wildman–Crippen LogP) is 2.69. The van der Waals surface area contributed by atoms with Crippen LogP contribution < -0.4 is 21.5 Å². The van der Waals surface area contributed by atoms with Crippen LogP contribution in [-0.2, 0) is 6.54 Å². The van der Waals surface area contributed by atoms with Gasteiger partial charge in [0.2, 0.25) is 0 Å². The number of rotatable bonds is 6. The molecule has 1 aliphatic rings. The van der Waals surface area contributed by atoms with Crippen molar-refractivity contribution >= 4 is 22.7 Å². The zero-order chi connectivity index (χ0) is 26.1. The van der Waals surface area contributed by atoms with E-state index in [0.717, 1.165) is 71.1 Å². The Kier molecular flexibility index (Phi) is 6.75. The summed E-state index contributed by atoms with van der Waals surface area (Å²) < 4.78 is 1.88. The third kappa shape index (κ3) is 4.97. The van der Waals surface area contributed by atoms with Crippen LogP contribution in [0.15, 0.2) is 46.4 Å².